The summed E-state index contributed by atoms with van der Waals surface area (Å²) < 4.78 is 38.4. The molecule has 5 rings (SSSR count). The second kappa shape index (κ2) is 7.72. The van der Waals surface area contributed by atoms with E-state index in [2.05, 4.69) is 25.8 Å². The molecule has 0 saturated carbocycles. The Hall–Kier alpha value is -2.23. The van der Waals surface area contributed by atoms with Crippen molar-refractivity contribution in [2.75, 3.05) is 31.1 Å². The van der Waals surface area contributed by atoms with Gasteiger partial charge in [0, 0.05) is 43.0 Å². The summed E-state index contributed by atoms with van der Waals surface area (Å²) in [6.45, 7) is 4.51. The zero-order chi connectivity index (χ0) is 21.6. The molecule has 0 atom stereocenters. The van der Waals surface area contributed by atoms with E-state index in [1.807, 2.05) is 18.2 Å². The molecule has 4 heterocycles. The van der Waals surface area contributed by atoms with E-state index in [9.17, 15) is 18.3 Å². The van der Waals surface area contributed by atoms with Crippen molar-refractivity contribution in [3.63, 3.8) is 0 Å². The molecule has 2 aliphatic rings. The Kier molecular flexibility index (Phi) is 5.15. The highest BCUT2D eigenvalue weighted by Gasteiger charge is 2.48. The van der Waals surface area contributed by atoms with Crippen LogP contribution in [0.1, 0.15) is 22.4 Å². The van der Waals surface area contributed by atoms with Crippen LogP contribution in [0, 0.1) is 5.41 Å². The van der Waals surface area contributed by atoms with E-state index < -0.39 is 12.6 Å². The molecular weight excluding hydrogens is 425 g/mol. The Balaban J connectivity index is 1.28. The predicted molar refractivity (Wildman–Crippen MR) is 114 cm³/mol. The number of likely N-dealkylation sites (tertiary alicyclic amines) is 1. The summed E-state index contributed by atoms with van der Waals surface area (Å²) in [6, 6.07) is 9.55. The van der Waals surface area contributed by atoms with Gasteiger partial charge < -0.3 is 10.0 Å². The fraction of sp³-hybridized carbons (Fsp3) is 0.455. The molecule has 164 valence electrons. The molecule has 1 spiro atoms. The maximum absolute atomic E-state index is 12.8. The predicted octanol–water partition coefficient (Wildman–Crippen LogP) is 4.00. The summed E-state index contributed by atoms with van der Waals surface area (Å²) in [6.07, 6.45) is -2.66. The van der Waals surface area contributed by atoms with Gasteiger partial charge in [-0.3, -0.25) is 4.90 Å². The van der Waals surface area contributed by atoms with Crippen molar-refractivity contribution >= 4 is 27.4 Å². The number of aliphatic hydroxyl groups is 1. The molecule has 0 amide bonds. The van der Waals surface area contributed by atoms with Crippen molar-refractivity contribution in [2.24, 2.45) is 5.41 Å². The minimum Gasteiger partial charge on any atom is -0.392 e. The largest absolute Gasteiger partial charge is 0.393 e. The first-order chi connectivity index (χ1) is 14.8. The number of thiophene rings is 1. The van der Waals surface area contributed by atoms with E-state index in [4.69, 9.17) is 0 Å². The average molecular weight is 449 g/mol. The highest BCUT2D eigenvalue weighted by molar-refractivity contribution is 7.18. The van der Waals surface area contributed by atoms with E-state index in [0.29, 0.717) is 4.83 Å². The third-order valence-electron chi connectivity index (χ3n) is 6.27. The van der Waals surface area contributed by atoms with Crippen molar-refractivity contribution in [2.45, 2.75) is 32.2 Å². The van der Waals surface area contributed by atoms with Crippen LogP contribution in [-0.2, 0) is 19.6 Å². The van der Waals surface area contributed by atoms with Gasteiger partial charge in [0.05, 0.1) is 18.4 Å². The van der Waals surface area contributed by atoms with Crippen molar-refractivity contribution < 1.29 is 18.3 Å². The molecule has 5 nitrogen and oxygen atoms in total. The number of rotatable bonds is 5. The SMILES string of the molecule is OCc1ccccc1CN1CC2(CCN(c3ncnc4sc(CC(F)(F)F)cc34)C2)C1. The molecule has 1 aromatic carbocycles. The number of halogens is 3. The van der Waals surface area contributed by atoms with Crippen LogP contribution in [0.5, 0.6) is 0 Å². The molecule has 1 N–H and O–H groups in total. The number of nitrogens with zero attached hydrogens (tertiary/aromatic N) is 4. The fourth-order valence-corrected chi connectivity index (χ4v) is 5.95. The van der Waals surface area contributed by atoms with E-state index in [1.165, 1.54) is 6.33 Å². The van der Waals surface area contributed by atoms with Gasteiger partial charge in [-0.1, -0.05) is 24.3 Å². The number of hydrogen-bond acceptors (Lipinski definition) is 6. The summed E-state index contributed by atoms with van der Waals surface area (Å²) in [4.78, 5) is 14.1. The summed E-state index contributed by atoms with van der Waals surface area (Å²) in [5, 5.41) is 10.3. The van der Waals surface area contributed by atoms with E-state index in [0.717, 1.165) is 72.8 Å². The lowest BCUT2D eigenvalue weighted by Crippen LogP contribution is -2.57. The lowest BCUT2D eigenvalue weighted by molar-refractivity contribution is -0.126. The monoisotopic (exact) mass is 448 g/mol. The number of aliphatic hydroxyl groups excluding tert-OH is 1. The molecule has 0 unspecified atom stereocenters. The van der Waals surface area contributed by atoms with Crippen LogP contribution in [0.4, 0.5) is 19.0 Å². The summed E-state index contributed by atoms with van der Waals surface area (Å²) >= 11 is 1.10. The van der Waals surface area contributed by atoms with Crippen LogP contribution in [0.25, 0.3) is 10.2 Å². The van der Waals surface area contributed by atoms with Crippen LogP contribution in [0.15, 0.2) is 36.7 Å². The summed E-state index contributed by atoms with van der Waals surface area (Å²) in [7, 11) is 0. The topological polar surface area (TPSA) is 52.5 Å². The third kappa shape index (κ3) is 4.14. The van der Waals surface area contributed by atoms with Crippen molar-refractivity contribution in [3.8, 4) is 0 Å². The molecule has 2 saturated heterocycles. The quantitative estimate of drug-likeness (QED) is 0.640. The lowest BCUT2D eigenvalue weighted by Gasteiger charge is -2.48. The van der Waals surface area contributed by atoms with Crippen LogP contribution >= 0.6 is 11.3 Å². The summed E-state index contributed by atoms with van der Waals surface area (Å²) in [5.41, 5.74) is 2.31. The Labute approximate surface area is 182 Å². The molecule has 0 aliphatic carbocycles. The van der Waals surface area contributed by atoms with Gasteiger partial charge in [0.25, 0.3) is 0 Å². The standard InChI is InChI=1S/C22H23F3N4OS/c23-22(24,25)8-17-7-18-19(26-14-27-20(18)31-17)29-6-5-21(13-29)11-28(12-21)9-15-3-1-2-4-16(15)10-30/h1-4,7,14,30H,5-6,8-13H2. The Morgan fingerprint density at radius 2 is 1.87 bits per heavy atom. The minimum absolute atomic E-state index is 0.0453. The molecule has 9 heteroatoms. The number of hydrogen-bond donors (Lipinski definition) is 1. The molecule has 2 fully saturated rings. The number of alkyl halides is 3. The van der Waals surface area contributed by atoms with E-state index in [-0.39, 0.29) is 16.9 Å². The molecule has 3 aromatic rings. The van der Waals surface area contributed by atoms with E-state index in [1.54, 1.807) is 6.07 Å². The average Bonchev–Trinajstić information content (AvgIpc) is 3.30. The zero-order valence-electron chi connectivity index (χ0n) is 16.9. The first-order valence-corrected chi connectivity index (χ1v) is 11.1. The smallest absolute Gasteiger partial charge is 0.392 e. The van der Waals surface area contributed by atoms with Gasteiger partial charge in [0.1, 0.15) is 17.0 Å². The first kappa shape index (κ1) is 20.7. The van der Waals surface area contributed by atoms with Crippen molar-refractivity contribution in [1.29, 1.82) is 0 Å². The normalized spacial score (nSPS) is 18.8. The zero-order valence-corrected chi connectivity index (χ0v) is 17.7. The highest BCUT2D eigenvalue weighted by atomic mass is 32.1. The van der Waals surface area contributed by atoms with Gasteiger partial charge in [-0.05, 0) is 23.6 Å². The fourth-order valence-electron chi connectivity index (χ4n) is 4.92. The van der Waals surface area contributed by atoms with Crippen LogP contribution < -0.4 is 4.90 Å². The third-order valence-corrected chi connectivity index (χ3v) is 7.32. The Morgan fingerprint density at radius 1 is 1.10 bits per heavy atom. The van der Waals surface area contributed by atoms with Gasteiger partial charge in [0.2, 0.25) is 0 Å². The van der Waals surface area contributed by atoms with E-state index >= 15 is 0 Å². The highest BCUT2D eigenvalue weighted by Crippen LogP contribution is 2.43. The van der Waals surface area contributed by atoms with Gasteiger partial charge >= 0.3 is 6.18 Å². The lowest BCUT2D eigenvalue weighted by atomic mass is 9.79. The summed E-state index contributed by atoms with van der Waals surface area (Å²) in [5.74, 6) is 0.746. The van der Waals surface area contributed by atoms with Gasteiger partial charge in [-0.2, -0.15) is 13.2 Å². The number of benzene rings is 1. The Bertz CT molecular complexity index is 1090. The second-order valence-corrected chi connectivity index (χ2v) is 9.78. The molecule has 2 aromatic heterocycles. The van der Waals surface area contributed by atoms with Gasteiger partial charge in [0.15, 0.2) is 0 Å². The molecule has 2 aliphatic heterocycles. The maximum Gasteiger partial charge on any atom is 0.393 e. The van der Waals surface area contributed by atoms with Crippen molar-refractivity contribution in [3.05, 3.63) is 52.7 Å². The van der Waals surface area contributed by atoms with Crippen LogP contribution in [-0.4, -0.2) is 52.3 Å². The Morgan fingerprint density at radius 3 is 2.61 bits per heavy atom. The first-order valence-electron chi connectivity index (χ1n) is 10.3. The van der Waals surface area contributed by atoms with Crippen LogP contribution in [0.3, 0.4) is 0 Å². The number of anilines is 1. The van der Waals surface area contributed by atoms with Gasteiger partial charge in [-0.15, -0.1) is 11.3 Å². The van der Waals surface area contributed by atoms with Crippen LogP contribution in [0.2, 0.25) is 0 Å². The second-order valence-electron chi connectivity index (χ2n) is 8.66. The maximum atomic E-state index is 12.8. The molecule has 31 heavy (non-hydrogen) atoms. The molecular formula is C22H23F3N4OS. The number of fused-ring (bicyclic) bond motifs is 1. The molecule has 0 bridgehead atoms. The minimum atomic E-state index is -4.23. The molecule has 0 radical (unpaired) electrons. The van der Waals surface area contributed by atoms with Crippen molar-refractivity contribution in [1.82, 2.24) is 14.9 Å². The number of aromatic nitrogens is 2. The van der Waals surface area contributed by atoms with Gasteiger partial charge in [-0.25, -0.2) is 9.97 Å².